The summed E-state index contributed by atoms with van der Waals surface area (Å²) in [7, 11) is 3.26. The molecule has 0 atom stereocenters. The monoisotopic (exact) mass is 458 g/mol. The summed E-state index contributed by atoms with van der Waals surface area (Å²) < 4.78 is 20.6. The Kier molecular flexibility index (Phi) is 6.20. The van der Waals surface area contributed by atoms with Crippen LogP contribution >= 0.6 is 0 Å². The molecule has 33 heavy (non-hydrogen) atoms. The van der Waals surface area contributed by atoms with Crippen molar-refractivity contribution in [3.8, 4) is 5.75 Å². The number of likely N-dealkylation sites (N-methyl/N-ethyl adjacent to an activating group) is 1. The van der Waals surface area contributed by atoms with Crippen LogP contribution in [0.15, 0.2) is 29.1 Å². The number of carbonyl (C=O) groups excluding carboxylic acids is 2. The highest BCUT2D eigenvalue weighted by Gasteiger charge is 2.46. The predicted molar refractivity (Wildman–Crippen MR) is 116 cm³/mol. The van der Waals surface area contributed by atoms with E-state index in [1.165, 1.54) is 33.7 Å². The summed E-state index contributed by atoms with van der Waals surface area (Å²) in [6, 6.07) is 5.60. The summed E-state index contributed by atoms with van der Waals surface area (Å²) in [6.45, 7) is 0.263. The lowest BCUT2D eigenvalue weighted by Gasteiger charge is -2.36. The number of nitrogens with one attached hydrogen (secondary N) is 1. The second kappa shape index (κ2) is 8.93. The summed E-state index contributed by atoms with van der Waals surface area (Å²) in [5, 5.41) is 13.1. The van der Waals surface area contributed by atoms with E-state index in [0.29, 0.717) is 24.9 Å². The van der Waals surface area contributed by atoms with Gasteiger partial charge < -0.3 is 20.1 Å². The average molecular weight is 458 g/mol. The van der Waals surface area contributed by atoms with E-state index in [-0.39, 0.29) is 36.5 Å². The third kappa shape index (κ3) is 4.47. The highest BCUT2D eigenvalue weighted by Crippen LogP contribution is 2.45. The average Bonchev–Trinajstić information content (AvgIpc) is 3.05. The zero-order valence-electron chi connectivity index (χ0n) is 18.6. The molecule has 3 heterocycles. The van der Waals surface area contributed by atoms with Gasteiger partial charge in [-0.25, -0.2) is 9.37 Å². The molecule has 1 aliphatic carbocycles. The van der Waals surface area contributed by atoms with Crippen LogP contribution in [0.3, 0.4) is 0 Å². The lowest BCUT2D eigenvalue weighted by atomic mass is 9.80. The molecule has 0 spiro atoms. The first-order chi connectivity index (χ1) is 15.7. The van der Waals surface area contributed by atoms with Gasteiger partial charge in [0.05, 0.1) is 0 Å². The van der Waals surface area contributed by atoms with Gasteiger partial charge in [0.2, 0.25) is 11.7 Å². The van der Waals surface area contributed by atoms with Crippen molar-refractivity contribution in [1.82, 2.24) is 19.8 Å². The Bertz CT molecular complexity index is 1120. The Hall–Kier alpha value is -3.27. The molecule has 2 aliphatic heterocycles. The van der Waals surface area contributed by atoms with E-state index in [1.807, 2.05) is 0 Å². The molecule has 2 N–H and O–H groups in total. The number of hydrogen-bond donors (Lipinski definition) is 2. The van der Waals surface area contributed by atoms with Crippen molar-refractivity contribution in [3.63, 3.8) is 0 Å². The number of aromatic nitrogens is 2. The molecule has 0 saturated heterocycles. The van der Waals surface area contributed by atoms with Crippen molar-refractivity contribution in [3.05, 3.63) is 57.5 Å². The largest absolute Gasteiger partial charge is 0.501 e. The molecule has 10 heteroatoms. The molecule has 3 aliphatic rings. The number of benzene rings is 1. The molecular weight excluding hydrogens is 431 g/mol. The van der Waals surface area contributed by atoms with E-state index in [0.717, 1.165) is 12.8 Å². The number of nitrogens with zero attached hydrogens (tertiary/aromatic N) is 3. The van der Waals surface area contributed by atoms with Crippen LogP contribution in [-0.4, -0.2) is 52.1 Å². The minimum atomic E-state index is -0.989. The highest BCUT2D eigenvalue weighted by molar-refractivity contribution is 5.94. The number of carbonyl (C=O) groups is 2. The number of amides is 2. The first kappa shape index (κ1) is 22.9. The number of fused-ring (bicyclic) bond motifs is 2. The van der Waals surface area contributed by atoms with Crippen LogP contribution < -0.4 is 10.9 Å². The Morgan fingerprint density at radius 2 is 1.94 bits per heavy atom. The molecule has 1 fully saturated rings. The van der Waals surface area contributed by atoms with Crippen LogP contribution in [-0.2, 0) is 28.2 Å². The standard InChI is InChI=1S/C23H27FN4O5/c1-27(2)17(29)13-33-23-9-7-15(8-10-23)12-28-21(32)19(30)18(26-22(23)28)20(31)25-11-14-3-5-16(24)6-4-14/h3-6,15,30H,7-13H2,1-2H3,(H,25,31). The van der Waals surface area contributed by atoms with Crippen LogP contribution in [0.25, 0.3) is 0 Å². The van der Waals surface area contributed by atoms with Gasteiger partial charge in [-0.3, -0.25) is 19.0 Å². The molecule has 2 amide bonds. The molecule has 1 aromatic carbocycles. The molecule has 0 unspecified atom stereocenters. The maximum atomic E-state index is 13.1. The molecule has 1 saturated carbocycles. The van der Waals surface area contributed by atoms with Gasteiger partial charge in [-0.15, -0.1) is 0 Å². The first-order valence-corrected chi connectivity index (χ1v) is 10.9. The van der Waals surface area contributed by atoms with Crippen molar-refractivity contribution in [2.24, 2.45) is 5.92 Å². The van der Waals surface area contributed by atoms with Gasteiger partial charge in [0, 0.05) is 27.2 Å². The van der Waals surface area contributed by atoms with Gasteiger partial charge in [-0.2, -0.15) is 0 Å². The summed E-state index contributed by atoms with van der Waals surface area (Å²) in [5.41, 5.74) is -1.43. The van der Waals surface area contributed by atoms with Gasteiger partial charge in [0.25, 0.3) is 11.5 Å². The Morgan fingerprint density at radius 1 is 1.27 bits per heavy atom. The number of ether oxygens (including phenoxy) is 1. The number of rotatable bonds is 6. The zero-order valence-corrected chi connectivity index (χ0v) is 18.6. The second-order valence-electron chi connectivity index (χ2n) is 8.87. The van der Waals surface area contributed by atoms with Crippen LogP contribution in [0.1, 0.15) is 47.6 Å². The molecule has 9 nitrogen and oxygen atoms in total. The van der Waals surface area contributed by atoms with Crippen LogP contribution in [0.2, 0.25) is 0 Å². The maximum absolute atomic E-state index is 13.1. The van der Waals surface area contributed by atoms with E-state index in [1.54, 1.807) is 14.1 Å². The SMILES string of the molecule is CN(C)C(=O)COC12CCC(CC1)Cn1c2nc(C(=O)NCc2ccc(F)cc2)c(O)c1=O. The van der Waals surface area contributed by atoms with Gasteiger partial charge in [-0.05, 0) is 49.3 Å². The first-order valence-electron chi connectivity index (χ1n) is 10.9. The summed E-state index contributed by atoms with van der Waals surface area (Å²) in [4.78, 5) is 43.9. The molecule has 0 radical (unpaired) electrons. The van der Waals surface area contributed by atoms with Gasteiger partial charge in [-0.1, -0.05) is 12.1 Å². The summed E-state index contributed by atoms with van der Waals surface area (Å²) in [5.74, 6) is -1.57. The Labute approximate surface area is 190 Å². The maximum Gasteiger partial charge on any atom is 0.296 e. The van der Waals surface area contributed by atoms with E-state index >= 15 is 0 Å². The fourth-order valence-electron chi connectivity index (χ4n) is 4.43. The minimum absolute atomic E-state index is 0.0692. The van der Waals surface area contributed by atoms with Crippen molar-refractivity contribution in [2.45, 2.75) is 44.4 Å². The van der Waals surface area contributed by atoms with Crippen molar-refractivity contribution in [2.75, 3.05) is 20.7 Å². The lowest BCUT2D eigenvalue weighted by molar-refractivity contribution is -0.146. The minimum Gasteiger partial charge on any atom is -0.501 e. The summed E-state index contributed by atoms with van der Waals surface area (Å²) >= 11 is 0. The lowest BCUT2D eigenvalue weighted by Crippen LogP contribution is -2.41. The molecular formula is C23H27FN4O5. The predicted octanol–water partition coefficient (Wildman–Crippen LogP) is 1.52. The Balaban J connectivity index is 1.66. The molecule has 176 valence electrons. The second-order valence-corrected chi connectivity index (χ2v) is 8.87. The van der Waals surface area contributed by atoms with Crippen LogP contribution in [0.4, 0.5) is 4.39 Å². The number of halogens is 1. The van der Waals surface area contributed by atoms with E-state index in [4.69, 9.17) is 4.74 Å². The van der Waals surface area contributed by atoms with Crippen molar-refractivity contribution >= 4 is 11.8 Å². The fraction of sp³-hybridized carbons (Fsp3) is 0.478. The zero-order chi connectivity index (χ0) is 23.8. The molecule has 2 aromatic rings. The van der Waals surface area contributed by atoms with Crippen molar-refractivity contribution in [1.29, 1.82) is 0 Å². The summed E-state index contributed by atoms with van der Waals surface area (Å²) in [6.07, 6.45) is 2.69. The molecule has 5 rings (SSSR count). The van der Waals surface area contributed by atoms with Gasteiger partial charge in [0.15, 0.2) is 5.69 Å². The normalized spacial score (nSPS) is 21.2. The van der Waals surface area contributed by atoms with Gasteiger partial charge >= 0.3 is 0 Å². The third-order valence-corrected chi connectivity index (χ3v) is 6.46. The third-order valence-electron chi connectivity index (χ3n) is 6.46. The molecule has 2 bridgehead atoms. The number of hydrogen-bond acceptors (Lipinski definition) is 6. The van der Waals surface area contributed by atoms with E-state index < -0.39 is 28.6 Å². The quantitative estimate of drug-likeness (QED) is 0.679. The topological polar surface area (TPSA) is 114 Å². The smallest absolute Gasteiger partial charge is 0.296 e. The van der Waals surface area contributed by atoms with Crippen molar-refractivity contribution < 1.29 is 23.8 Å². The van der Waals surface area contributed by atoms with Gasteiger partial charge in [0.1, 0.15) is 23.8 Å². The molecule has 1 aromatic heterocycles. The van der Waals surface area contributed by atoms with Crippen LogP contribution in [0.5, 0.6) is 5.75 Å². The fourth-order valence-corrected chi connectivity index (χ4v) is 4.43. The van der Waals surface area contributed by atoms with E-state index in [9.17, 15) is 23.9 Å². The van der Waals surface area contributed by atoms with Crippen LogP contribution in [0, 0.1) is 11.7 Å². The Morgan fingerprint density at radius 3 is 2.58 bits per heavy atom. The van der Waals surface area contributed by atoms with E-state index in [2.05, 4.69) is 10.3 Å². The highest BCUT2D eigenvalue weighted by atomic mass is 19.1. The number of aromatic hydroxyl groups is 1.